The molecule has 0 aromatic heterocycles. The van der Waals surface area contributed by atoms with Crippen molar-refractivity contribution >= 4 is 41.6 Å². The molecule has 1 aromatic carbocycles. The van der Waals surface area contributed by atoms with Gasteiger partial charge < -0.3 is 15.3 Å². The summed E-state index contributed by atoms with van der Waals surface area (Å²) in [5, 5.41) is 11.8. The molecular formula is C18H26Cl2FN3O3. The number of likely N-dealkylation sites (tertiary alicyclic amines) is 1. The van der Waals surface area contributed by atoms with Gasteiger partial charge in [-0.3, -0.25) is 14.5 Å². The van der Waals surface area contributed by atoms with Crippen molar-refractivity contribution in [2.24, 2.45) is 0 Å². The number of carbonyl (C=O) groups is 2. The van der Waals surface area contributed by atoms with Gasteiger partial charge in [0.1, 0.15) is 5.82 Å². The summed E-state index contributed by atoms with van der Waals surface area (Å²) in [6, 6.07) is 4.39. The molecule has 2 N–H and O–H groups in total. The SMILES string of the molecule is CN(CC(=O)O)C1CCCN(CCC(=O)Nc2ccc(Cl)cc2F)CC1.Cl. The van der Waals surface area contributed by atoms with Crippen LogP contribution in [0, 0.1) is 5.82 Å². The second kappa shape index (κ2) is 11.4. The first-order valence-electron chi connectivity index (χ1n) is 8.74. The van der Waals surface area contributed by atoms with Gasteiger partial charge in [0.15, 0.2) is 0 Å². The first-order valence-corrected chi connectivity index (χ1v) is 9.12. The molecule has 27 heavy (non-hydrogen) atoms. The zero-order valence-electron chi connectivity index (χ0n) is 15.3. The number of hydrogen-bond donors (Lipinski definition) is 2. The van der Waals surface area contributed by atoms with Crippen LogP contribution < -0.4 is 5.32 Å². The summed E-state index contributed by atoms with van der Waals surface area (Å²) in [4.78, 5) is 27.0. The number of rotatable bonds is 7. The van der Waals surface area contributed by atoms with Crippen molar-refractivity contribution in [3.8, 4) is 0 Å². The van der Waals surface area contributed by atoms with Crippen molar-refractivity contribution in [3.63, 3.8) is 0 Å². The molecule has 1 unspecified atom stereocenters. The highest BCUT2D eigenvalue weighted by atomic mass is 35.5. The van der Waals surface area contributed by atoms with E-state index in [1.165, 1.54) is 18.2 Å². The van der Waals surface area contributed by atoms with Crippen LogP contribution in [0.5, 0.6) is 0 Å². The number of hydrogen-bond acceptors (Lipinski definition) is 4. The van der Waals surface area contributed by atoms with Gasteiger partial charge in [-0.15, -0.1) is 12.4 Å². The number of anilines is 1. The third-order valence-electron chi connectivity index (χ3n) is 4.66. The maximum atomic E-state index is 13.7. The summed E-state index contributed by atoms with van der Waals surface area (Å²) in [5.41, 5.74) is 0.130. The van der Waals surface area contributed by atoms with Crippen molar-refractivity contribution < 1.29 is 19.1 Å². The number of carbonyl (C=O) groups excluding carboxylic acids is 1. The van der Waals surface area contributed by atoms with Gasteiger partial charge in [-0.05, 0) is 57.6 Å². The Labute approximate surface area is 170 Å². The van der Waals surface area contributed by atoms with E-state index in [1.54, 1.807) is 0 Å². The maximum Gasteiger partial charge on any atom is 0.317 e. The van der Waals surface area contributed by atoms with Crippen molar-refractivity contribution in [2.45, 2.75) is 31.7 Å². The minimum absolute atomic E-state index is 0. The lowest BCUT2D eigenvalue weighted by molar-refractivity contribution is -0.138. The van der Waals surface area contributed by atoms with E-state index in [2.05, 4.69) is 10.2 Å². The molecule has 1 heterocycles. The summed E-state index contributed by atoms with van der Waals surface area (Å²) in [7, 11) is 1.84. The number of carboxylic acids is 1. The molecule has 0 bridgehead atoms. The van der Waals surface area contributed by atoms with Crippen LogP contribution in [0.2, 0.25) is 5.02 Å². The monoisotopic (exact) mass is 421 g/mol. The zero-order chi connectivity index (χ0) is 19.1. The smallest absolute Gasteiger partial charge is 0.317 e. The Kier molecular flexibility index (Phi) is 10.0. The summed E-state index contributed by atoms with van der Waals surface area (Å²) >= 11 is 5.70. The topological polar surface area (TPSA) is 72.9 Å². The first-order chi connectivity index (χ1) is 12.3. The van der Waals surface area contributed by atoms with Gasteiger partial charge in [-0.25, -0.2) is 4.39 Å². The Balaban J connectivity index is 0.00000364. The summed E-state index contributed by atoms with van der Waals surface area (Å²) in [5.74, 6) is -1.61. The van der Waals surface area contributed by atoms with Crippen molar-refractivity contribution in [3.05, 3.63) is 29.0 Å². The van der Waals surface area contributed by atoms with Gasteiger partial charge in [0.2, 0.25) is 5.91 Å². The first kappa shape index (κ1) is 23.6. The average molecular weight is 422 g/mol. The molecule has 1 fully saturated rings. The molecule has 0 aliphatic carbocycles. The molecule has 152 valence electrons. The lowest BCUT2D eigenvalue weighted by Gasteiger charge is -2.25. The molecule has 1 aliphatic rings. The number of likely N-dealkylation sites (N-methyl/N-ethyl adjacent to an activating group) is 1. The highest BCUT2D eigenvalue weighted by molar-refractivity contribution is 6.30. The molecule has 6 nitrogen and oxygen atoms in total. The molecule has 1 atom stereocenters. The Bertz CT molecular complexity index is 648. The van der Waals surface area contributed by atoms with E-state index >= 15 is 0 Å². The molecule has 0 radical (unpaired) electrons. The Morgan fingerprint density at radius 2 is 2.11 bits per heavy atom. The highest BCUT2D eigenvalue weighted by Crippen LogP contribution is 2.19. The number of nitrogens with one attached hydrogen (secondary N) is 1. The van der Waals surface area contributed by atoms with Gasteiger partial charge in [-0.1, -0.05) is 11.6 Å². The maximum absolute atomic E-state index is 13.7. The lowest BCUT2D eigenvalue weighted by atomic mass is 10.1. The van der Waals surface area contributed by atoms with E-state index in [4.69, 9.17) is 16.7 Å². The largest absolute Gasteiger partial charge is 0.480 e. The van der Waals surface area contributed by atoms with E-state index in [0.29, 0.717) is 6.54 Å². The molecule has 9 heteroatoms. The van der Waals surface area contributed by atoms with Crippen LogP contribution in [-0.4, -0.2) is 66.1 Å². The summed E-state index contributed by atoms with van der Waals surface area (Å²) in [6.45, 7) is 2.33. The molecule has 2 rings (SSSR count). The third-order valence-corrected chi connectivity index (χ3v) is 4.89. The fourth-order valence-corrected chi connectivity index (χ4v) is 3.37. The highest BCUT2D eigenvalue weighted by Gasteiger charge is 2.22. The quantitative estimate of drug-likeness (QED) is 0.707. The minimum atomic E-state index is -0.820. The Morgan fingerprint density at radius 1 is 1.37 bits per heavy atom. The van der Waals surface area contributed by atoms with Gasteiger partial charge in [0.25, 0.3) is 0 Å². The van der Waals surface area contributed by atoms with Crippen LogP contribution >= 0.6 is 24.0 Å². The number of amides is 1. The standard InChI is InChI=1S/C18H25ClFN3O3.ClH/c1-22(12-18(25)26)14-3-2-8-23(9-6-14)10-7-17(24)21-16-5-4-13(19)11-15(16)20;/h4-5,11,14H,2-3,6-10,12H2,1H3,(H,21,24)(H,25,26);1H. The molecule has 1 amide bonds. The predicted molar refractivity (Wildman–Crippen MR) is 106 cm³/mol. The van der Waals surface area contributed by atoms with Gasteiger partial charge in [-0.2, -0.15) is 0 Å². The van der Waals surface area contributed by atoms with Crippen molar-refractivity contribution in [2.75, 3.05) is 38.5 Å². The zero-order valence-corrected chi connectivity index (χ0v) is 16.9. The fraction of sp³-hybridized carbons (Fsp3) is 0.556. The van der Waals surface area contributed by atoms with E-state index < -0.39 is 11.8 Å². The normalized spacial score (nSPS) is 17.9. The Morgan fingerprint density at radius 3 is 2.78 bits per heavy atom. The summed E-state index contributed by atoms with van der Waals surface area (Å²) < 4.78 is 13.7. The number of halogens is 3. The van der Waals surface area contributed by atoms with E-state index in [0.717, 1.165) is 32.4 Å². The van der Waals surface area contributed by atoms with E-state index in [1.807, 2.05) is 11.9 Å². The molecular weight excluding hydrogens is 396 g/mol. The van der Waals surface area contributed by atoms with Crippen LogP contribution in [0.4, 0.5) is 10.1 Å². The predicted octanol–water partition coefficient (Wildman–Crippen LogP) is 3.10. The van der Waals surface area contributed by atoms with Crippen molar-refractivity contribution in [1.29, 1.82) is 0 Å². The molecule has 1 aliphatic heterocycles. The van der Waals surface area contributed by atoms with Gasteiger partial charge in [0, 0.05) is 24.0 Å². The van der Waals surface area contributed by atoms with E-state index in [-0.39, 0.29) is 48.0 Å². The van der Waals surface area contributed by atoms with Crippen LogP contribution in [-0.2, 0) is 9.59 Å². The third kappa shape index (κ3) is 8.01. The van der Waals surface area contributed by atoms with E-state index in [9.17, 15) is 14.0 Å². The number of nitrogens with zero attached hydrogens (tertiary/aromatic N) is 2. The van der Waals surface area contributed by atoms with Crippen molar-refractivity contribution in [1.82, 2.24) is 9.80 Å². The van der Waals surface area contributed by atoms with Gasteiger partial charge in [0.05, 0.1) is 12.2 Å². The van der Waals surface area contributed by atoms with Crippen LogP contribution in [0.25, 0.3) is 0 Å². The lowest BCUT2D eigenvalue weighted by Crippen LogP contribution is -2.36. The minimum Gasteiger partial charge on any atom is -0.480 e. The van der Waals surface area contributed by atoms with Crippen LogP contribution in [0.15, 0.2) is 18.2 Å². The Hall–Kier alpha value is -1.41. The number of benzene rings is 1. The molecule has 1 saturated heterocycles. The second-order valence-electron chi connectivity index (χ2n) is 6.66. The van der Waals surface area contributed by atoms with Gasteiger partial charge >= 0.3 is 5.97 Å². The number of aliphatic carboxylic acids is 1. The van der Waals surface area contributed by atoms with Crippen LogP contribution in [0.3, 0.4) is 0 Å². The number of carboxylic acid groups (broad SMARTS) is 1. The second-order valence-corrected chi connectivity index (χ2v) is 7.09. The fourth-order valence-electron chi connectivity index (χ4n) is 3.21. The molecule has 0 spiro atoms. The molecule has 0 saturated carbocycles. The molecule has 1 aromatic rings. The summed E-state index contributed by atoms with van der Waals surface area (Å²) in [6.07, 6.45) is 3.05. The van der Waals surface area contributed by atoms with Crippen LogP contribution in [0.1, 0.15) is 25.7 Å². The average Bonchev–Trinajstić information content (AvgIpc) is 2.80.